The Hall–Kier alpha value is -2.38. The highest BCUT2D eigenvalue weighted by Gasteiger charge is 2.36. The highest BCUT2D eigenvalue weighted by atomic mass is 79.9. The minimum Gasteiger partial charge on any atom is -0.447 e. The zero-order valence-corrected chi connectivity index (χ0v) is 16.9. The van der Waals surface area contributed by atoms with E-state index in [4.69, 9.17) is 9.47 Å². The Balaban J connectivity index is 1.55. The molecular weight excluding hydrogens is 424 g/mol. The molecule has 0 radical (unpaired) electrons. The molecule has 2 aliphatic rings. The average Bonchev–Trinajstić information content (AvgIpc) is 3.15. The van der Waals surface area contributed by atoms with E-state index in [1.807, 2.05) is 24.3 Å². The maximum atomic E-state index is 13.0. The third-order valence-electron chi connectivity index (χ3n) is 5.28. The topological polar surface area (TPSA) is 67.9 Å². The number of nitrogens with one attached hydrogen (secondary N) is 1. The number of carbonyl (C=O) groups is 2. The molecule has 28 heavy (non-hydrogen) atoms. The van der Waals surface area contributed by atoms with E-state index in [1.165, 1.54) is 0 Å². The van der Waals surface area contributed by atoms with Gasteiger partial charge in [-0.15, -0.1) is 0 Å². The van der Waals surface area contributed by atoms with Gasteiger partial charge < -0.3 is 14.8 Å². The van der Waals surface area contributed by atoms with Crippen molar-refractivity contribution in [2.45, 2.75) is 18.4 Å². The standard InChI is InChI=1S/C21H21BrN2O4/c22-17-3-1-2-16(14-17)21(8-11-27-12-9-21)23-19(25)15-4-6-18(7-5-15)24-10-13-28-20(24)26/h1-7,14H,8-13H2,(H,23,25). The first-order valence-electron chi connectivity index (χ1n) is 9.28. The molecule has 2 fully saturated rings. The van der Waals surface area contributed by atoms with Crippen molar-refractivity contribution in [2.24, 2.45) is 0 Å². The van der Waals surface area contributed by atoms with E-state index >= 15 is 0 Å². The Morgan fingerprint density at radius 1 is 1.07 bits per heavy atom. The molecule has 2 aromatic carbocycles. The van der Waals surface area contributed by atoms with Gasteiger partial charge in [-0.3, -0.25) is 9.69 Å². The molecule has 146 valence electrons. The van der Waals surface area contributed by atoms with E-state index in [1.54, 1.807) is 29.2 Å². The number of nitrogens with zero attached hydrogens (tertiary/aromatic N) is 1. The van der Waals surface area contributed by atoms with Crippen LogP contribution < -0.4 is 10.2 Å². The third-order valence-corrected chi connectivity index (χ3v) is 5.77. The van der Waals surface area contributed by atoms with E-state index in [0.29, 0.717) is 44.8 Å². The molecule has 6 nitrogen and oxygen atoms in total. The quantitative estimate of drug-likeness (QED) is 0.777. The van der Waals surface area contributed by atoms with Gasteiger partial charge in [0.05, 0.1) is 12.1 Å². The van der Waals surface area contributed by atoms with Gasteiger partial charge in [0, 0.05) is 28.9 Å². The second-order valence-corrected chi connectivity index (χ2v) is 7.89. The van der Waals surface area contributed by atoms with Crippen LogP contribution in [0.5, 0.6) is 0 Å². The summed E-state index contributed by atoms with van der Waals surface area (Å²) in [6.45, 7) is 2.11. The number of carbonyl (C=O) groups excluding carboxylic acids is 2. The Bertz CT molecular complexity index is 878. The summed E-state index contributed by atoms with van der Waals surface area (Å²) in [6, 6.07) is 15.1. The first-order chi connectivity index (χ1) is 13.6. The summed E-state index contributed by atoms with van der Waals surface area (Å²) in [7, 11) is 0. The molecule has 2 saturated heterocycles. The smallest absolute Gasteiger partial charge is 0.414 e. The van der Waals surface area contributed by atoms with Crippen LogP contribution in [0.25, 0.3) is 0 Å². The number of hydrogen-bond donors (Lipinski definition) is 1. The van der Waals surface area contributed by atoms with Crippen LogP contribution in [0.15, 0.2) is 53.0 Å². The molecule has 0 aliphatic carbocycles. The molecule has 2 heterocycles. The lowest BCUT2D eigenvalue weighted by Crippen LogP contribution is -2.49. The van der Waals surface area contributed by atoms with Crippen molar-refractivity contribution in [1.82, 2.24) is 5.32 Å². The lowest BCUT2D eigenvalue weighted by molar-refractivity contribution is 0.0345. The molecule has 7 heteroatoms. The van der Waals surface area contributed by atoms with Gasteiger partial charge in [-0.05, 0) is 54.8 Å². The molecule has 0 saturated carbocycles. The van der Waals surface area contributed by atoms with Gasteiger partial charge in [-0.2, -0.15) is 0 Å². The fourth-order valence-corrected chi connectivity index (χ4v) is 4.10. The van der Waals surface area contributed by atoms with Crippen molar-refractivity contribution < 1.29 is 19.1 Å². The van der Waals surface area contributed by atoms with Gasteiger partial charge in [0.2, 0.25) is 0 Å². The monoisotopic (exact) mass is 444 g/mol. The van der Waals surface area contributed by atoms with E-state index < -0.39 is 5.54 Å². The normalized spacial score (nSPS) is 18.6. The minimum atomic E-state index is -0.462. The number of anilines is 1. The molecule has 2 aromatic rings. The first-order valence-corrected chi connectivity index (χ1v) is 10.1. The molecule has 0 atom stereocenters. The molecular formula is C21H21BrN2O4. The molecule has 0 bridgehead atoms. The van der Waals surface area contributed by atoms with Crippen molar-refractivity contribution in [3.63, 3.8) is 0 Å². The van der Waals surface area contributed by atoms with E-state index in [0.717, 1.165) is 15.7 Å². The van der Waals surface area contributed by atoms with Crippen LogP contribution in [-0.4, -0.2) is 38.4 Å². The van der Waals surface area contributed by atoms with Crippen molar-refractivity contribution in [3.05, 3.63) is 64.1 Å². The van der Waals surface area contributed by atoms with Gasteiger partial charge >= 0.3 is 6.09 Å². The molecule has 1 N–H and O–H groups in total. The predicted molar refractivity (Wildman–Crippen MR) is 108 cm³/mol. The van der Waals surface area contributed by atoms with Gasteiger partial charge in [0.1, 0.15) is 6.61 Å². The second kappa shape index (κ2) is 7.93. The molecule has 2 aliphatic heterocycles. The van der Waals surface area contributed by atoms with Crippen LogP contribution in [-0.2, 0) is 15.0 Å². The van der Waals surface area contributed by atoms with Crippen molar-refractivity contribution >= 4 is 33.6 Å². The summed E-state index contributed by atoms with van der Waals surface area (Å²) in [6.07, 6.45) is 1.08. The number of rotatable bonds is 4. The summed E-state index contributed by atoms with van der Waals surface area (Å²) < 4.78 is 11.5. The summed E-state index contributed by atoms with van der Waals surface area (Å²) >= 11 is 3.52. The molecule has 4 rings (SSSR count). The zero-order chi connectivity index (χ0) is 19.6. The second-order valence-electron chi connectivity index (χ2n) is 6.97. The van der Waals surface area contributed by atoms with Gasteiger partial charge in [-0.1, -0.05) is 28.1 Å². The Kier molecular flexibility index (Phi) is 5.37. The number of hydrogen-bond acceptors (Lipinski definition) is 4. The number of halogens is 1. The highest BCUT2D eigenvalue weighted by molar-refractivity contribution is 9.10. The van der Waals surface area contributed by atoms with Gasteiger partial charge in [0.15, 0.2) is 0 Å². The van der Waals surface area contributed by atoms with E-state index in [2.05, 4.69) is 21.2 Å². The Morgan fingerprint density at radius 2 is 1.82 bits per heavy atom. The Labute approximate surface area is 171 Å². The molecule has 0 aromatic heterocycles. The van der Waals surface area contributed by atoms with Crippen molar-refractivity contribution in [2.75, 3.05) is 31.3 Å². The lowest BCUT2D eigenvalue weighted by atomic mass is 9.82. The summed E-state index contributed by atoms with van der Waals surface area (Å²) in [5, 5.41) is 3.24. The van der Waals surface area contributed by atoms with Crippen LogP contribution >= 0.6 is 15.9 Å². The van der Waals surface area contributed by atoms with E-state index in [9.17, 15) is 9.59 Å². The highest BCUT2D eigenvalue weighted by Crippen LogP contribution is 2.34. The maximum Gasteiger partial charge on any atom is 0.414 e. The molecule has 0 unspecified atom stereocenters. The van der Waals surface area contributed by atoms with Crippen LogP contribution in [0.2, 0.25) is 0 Å². The number of ether oxygens (including phenoxy) is 2. The fourth-order valence-electron chi connectivity index (χ4n) is 3.70. The molecule has 2 amide bonds. The molecule has 0 spiro atoms. The fraction of sp³-hybridized carbons (Fsp3) is 0.333. The first kappa shape index (κ1) is 19.0. The van der Waals surface area contributed by atoms with E-state index in [-0.39, 0.29) is 12.0 Å². The lowest BCUT2D eigenvalue weighted by Gasteiger charge is -2.38. The predicted octanol–water partition coefficient (Wildman–Crippen LogP) is 3.84. The Morgan fingerprint density at radius 3 is 2.46 bits per heavy atom. The largest absolute Gasteiger partial charge is 0.447 e. The maximum absolute atomic E-state index is 13.0. The SMILES string of the molecule is O=C(NC1(c2cccc(Br)c2)CCOCC1)c1ccc(N2CCOC2=O)cc1. The third kappa shape index (κ3) is 3.77. The van der Waals surface area contributed by atoms with Crippen LogP contribution in [0.1, 0.15) is 28.8 Å². The minimum absolute atomic E-state index is 0.141. The number of amides is 2. The number of cyclic esters (lactones) is 1. The summed E-state index contributed by atoms with van der Waals surface area (Å²) in [4.78, 5) is 26.3. The van der Waals surface area contributed by atoms with Crippen LogP contribution in [0, 0.1) is 0 Å². The van der Waals surface area contributed by atoms with Crippen LogP contribution in [0.3, 0.4) is 0 Å². The average molecular weight is 445 g/mol. The van der Waals surface area contributed by atoms with Gasteiger partial charge in [-0.25, -0.2) is 4.79 Å². The van der Waals surface area contributed by atoms with Crippen molar-refractivity contribution in [3.8, 4) is 0 Å². The summed E-state index contributed by atoms with van der Waals surface area (Å²) in [5.74, 6) is -0.141. The van der Waals surface area contributed by atoms with Crippen LogP contribution in [0.4, 0.5) is 10.5 Å². The van der Waals surface area contributed by atoms with Crippen molar-refractivity contribution in [1.29, 1.82) is 0 Å². The number of benzene rings is 2. The zero-order valence-electron chi connectivity index (χ0n) is 15.3. The summed E-state index contributed by atoms with van der Waals surface area (Å²) in [5.41, 5.74) is 1.88. The van der Waals surface area contributed by atoms with Gasteiger partial charge in [0.25, 0.3) is 5.91 Å².